The molecule has 0 aromatic rings. The van der Waals surface area contributed by atoms with Gasteiger partial charge < -0.3 is 11.1 Å². The molecule has 0 saturated heterocycles. The first-order chi connectivity index (χ1) is 5.70. The van der Waals surface area contributed by atoms with Crippen LogP contribution < -0.4 is 11.1 Å². The third kappa shape index (κ3) is 6.01. The van der Waals surface area contributed by atoms with Gasteiger partial charge in [0.2, 0.25) is 0 Å². The Labute approximate surface area is 74.7 Å². The first-order valence-electron chi connectivity index (χ1n) is 4.74. The highest BCUT2D eigenvalue weighted by atomic mass is 16.2. The molecule has 0 bridgehead atoms. The second kappa shape index (κ2) is 6.95. The van der Waals surface area contributed by atoms with E-state index in [0.717, 1.165) is 12.3 Å². The molecule has 0 unspecified atom stereocenters. The van der Waals surface area contributed by atoms with Gasteiger partial charge in [0.1, 0.15) is 0 Å². The van der Waals surface area contributed by atoms with Crippen molar-refractivity contribution in [2.24, 2.45) is 11.7 Å². The van der Waals surface area contributed by atoms with Crippen LogP contribution in [0.2, 0.25) is 0 Å². The quantitative estimate of drug-likeness (QED) is 0.590. The second-order valence-corrected chi connectivity index (χ2v) is 3.12. The van der Waals surface area contributed by atoms with Crippen molar-refractivity contribution in [3.63, 3.8) is 0 Å². The van der Waals surface area contributed by atoms with Gasteiger partial charge in [-0.1, -0.05) is 26.7 Å². The van der Waals surface area contributed by atoms with Crippen molar-refractivity contribution in [2.45, 2.75) is 39.5 Å². The lowest BCUT2D eigenvalue weighted by atomic mass is 9.98. The lowest BCUT2D eigenvalue weighted by Gasteiger charge is -2.11. The summed E-state index contributed by atoms with van der Waals surface area (Å²) >= 11 is 0. The van der Waals surface area contributed by atoms with Crippen molar-refractivity contribution in [1.82, 2.24) is 5.32 Å². The van der Waals surface area contributed by atoms with Crippen molar-refractivity contribution in [1.29, 1.82) is 0 Å². The second-order valence-electron chi connectivity index (χ2n) is 3.12. The minimum atomic E-state index is -0.417. The first-order valence-corrected chi connectivity index (χ1v) is 4.74. The zero-order chi connectivity index (χ0) is 9.40. The fraction of sp³-hybridized carbons (Fsp3) is 0.889. The summed E-state index contributed by atoms with van der Waals surface area (Å²) in [5, 5.41) is 2.59. The smallest absolute Gasteiger partial charge is 0.312 e. The number of urea groups is 1. The monoisotopic (exact) mass is 172 g/mol. The molecule has 0 atom stereocenters. The SMILES string of the molecule is CCC(CC)CCCNC(N)=O. The first kappa shape index (κ1) is 11.3. The zero-order valence-corrected chi connectivity index (χ0v) is 8.10. The molecule has 0 saturated carbocycles. The Hall–Kier alpha value is -0.730. The van der Waals surface area contributed by atoms with E-state index in [-0.39, 0.29) is 0 Å². The van der Waals surface area contributed by atoms with Crippen LogP contribution in [0.25, 0.3) is 0 Å². The largest absolute Gasteiger partial charge is 0.352 e. The predicted molar refractivity (Wildman–Crippen MR) is 50.9 cm³/mol. The molecule has 12 heavy (non-hydrogen) atoms. The van der Waals surface area contributed by atoms with E-state index in [1.54, 1.807) is 0 Å². The standard InChI is InChI=1S/C9H20N2O/c1-3-8(4-2)6-5-7-11-9(10)12/h8H,3-7H2,1-2H3,(H3,10,11,12). The molecule has 0 heterocycles. The number of nitrogens with two attached hydrogens (primary N) is 1. The van der Waals surface area contributed by atoms with Gasteiger partial charge in [0.15, 0.2) is 0 Å². The van der Waals surface area contributed by atoms with Gasteiger partial charge in [0.05, 0.1) is 0 Å². The maximum Gasteiger partial charge on any atom is 0.312 e. The Bertz CT molecular complexity index is 122. The maximum atomic E-state index is 10.3. The van der Waals surface area contributed by atoms with Crippen LogP contribution >= 0.6 is 0 Å². The number of hydrogen-bond acceptors (Lipinski definition) is 1. The Kier molecular flexibility index (Phi) is 6.53. The average Bonchev–Trinajstić information content (AvgIpc) is 2.04. The number of primary amides is 1. The van der Waals surface area contributed by atoms with Crippen molar-refractivity contribution >= 4 is 6.03 Å². The van der Waals surface area contributed by atoms with Crippen molar-refractivity contribution in [3.05, 3.63) is 0 Å². The van der Waals surface area contributed by atoms with Gasteiger partial charge in [-0.15, -0.1) is 0 Å². The highest BCUT2D eigenvalue weighted by Gasteiger charge is 2.02. The van der Waals surface area contributed by atoms with E-state index in [1.165, 1.54) is 19.3 Å². The van der Waals surface area contributed by atoms with Crippen molar-refractivity contribution in [3.8, 4) is 0 Å². The highest BCUT2D eigenvalue weighted by Crippen LogP contribution is 2.13. The number of hydrogen-bond donors (Lipinski definition) is 2. The van der Waals surface area contributed by atoms with Crippen LogP contribution in [0.3, 0.4) is 0 Å². The molecule has 0 aliphatic heterocycles. The van der Waals surface area contributed by atoms with Crippen LogP contribution in [0.15, 0.2) is 0 Å². The molecular weight excluding hydrogens is 152 g/mol. The van der Waals surface area contributed by atoms with E-state index in [1.807, 2.05) is 0 Å². The summed E-state index contributed by atoms with van der Waals surface area (Å²) < 4.78 is 0. The average molecular weight is 172 g/mol. The number of carbonyl (C=O) groups excluding carboxylic acids is 1. The van der Waals surface area contributed by atoms with Crippen molar-refractivity contribution in [2.75, 3.05) is 6.54 Å². The molecule has 3 N–H and O–H groups in total. The van der Waals surface area contributed by atoms with Crippen LogP contribution in [0.1, 0.15) is 39.5 Å². The number of nitrogens with one attached hydrogen (secondary N) is 1. The molecule has 0 radical (unpaired) electrons. The van der Waals surface area contributed by atoms with Crippen LogP contribution in [0.4, 0.5) is 4.79 Å². The predicted octanol–water partition coefficient (Wildman–Crippen LogP) is 1.87. The molecule has 2 amide bonds. The molecule has 0 aliphatic rings. The van der Waals surface area contributed by atoms with Gasteiger partial charge in [-0.3, -0.25) is 0 Å². The van der Waals surface area contributed by atoms with E-state index in [9.17, 15) is 4.79 Å². The maximum absolute atomic E-state index is 10.3. The molecule has 3 heteroatoms. The molecular formula is C9H20N2O. The molecule has 0 aromatic heterocycles. The molecule has 0 aliphatic carbocycles. The summed E-state index contributed by atoms with van der Waals surface area (Å²) in [4.78, 5) is 10.3. The van der Waals surface area contributed by atoms with E-state index >= 15 is 0 Å². The Morgan fingerprint density at radius 1 is 1.42 bits per heavy atom. The lowest BCUT2D eigenvalue weighted by Crippen LogP contribution is -2.30. The van der Waals surface area contributed by atoms with Crippen LogP contribution in [-0.2, 0) is 0 Å². The van der Waals surface area contributed by atoms with E-state index in [4.69, 9.17) is 5.73 Å². The van der Waals surface area contributed by atoms with Gasteiger partial charge in [-0.2, -0.15) is 0 Å². The van der Waals surface area contributed by atoms with Crippen molar-refractivity contribution < 1.29 is 4.79 Å². The van der Waals surface area contributed by atoms with Crippen LogP contribution in [0, 0.1) is 5.92 Å². The van der Waals surface area contributed by atoms with Gasteiger partial charge in [0, 0.05) is 6.54 Å². The number of carbonyl (C=O) groups is 1. The third-order valence-electron chi connectivity index (χ3n) is 2.24. The van der Waals surface area contributed by atoms with E-state index in [0.29, 0.717) is 6.54 Å². The van der Waals surface area contributed by atoms with Gasteiger partial charge in [-0.25, -0.2) is 4.79 Å². The summed E-state index contributed by atoms with van der Waals surface area (Å²) in [5.74, 6) is 0.805. The van der Waals surface area contributed by atoms with E-state index in [2.05, 4.69) is 19.2 Å². The minimum Gasteiger partial charge on any atom is -0.352 e. The summed E-state index contributed by atoms with van der Waals surface area (Å²) in [7, 11) is 0. The summed E-state index contributed by atoms with van der Waals surface area (Å²) in [6, 6.07) is -0.417. The van der Waals surface area contributed by atoms with Crippen LogP contribution in [-0.4, -0.2) is 12.6 Å². The zero-order valence-electron chi connectivity index (χ0n) is 8.10. The Morgan fingerprint density at radius 2 is 2.00 bits per heavy atom. The summed E-state index contributed by atoms with van der Waals surface area (Å²) in [6.45, 7) is 5.12. The third-order valence-corrected chi connectivity index (χ3v) is 2.24. The molecule has 0 spiro atoms. The molecule has 3 nitrogen and oxygen atoms in total. The molecule has 0 rings (SSSR count). The number of amides is 2. The molecule has 0 aromatic carbocycles. The van der Waals surface area contributed by atoms with Gasteiger partial charge in [-0.05, 0) is 18.8 Å². The summed E-state index contributed by atoms with van der Waals surface area (Å²) in [5.41, 5.74) is 4.92. The Balaban J connectivity index is 3.23. The fourth-order valence-electron chi connectivity index (χ4n) is 1.30. The highest BCUT2D eigenvalue weighted by molar-refractivity contribution is 5.71. The van der Waals surface area contributed by atoms with Crippen LogP contribution in [0.5, 0.6) is 0 Å². The molecule has 0 fully saturated rings. The topological polar surface area (TPSA) is 55.1 Å². The number of rotatable bonds is 6. The normalized spacial score (nSPS) is 10.2. The summed E-state index contributed by atoms with van der Waals surface area (Å²) in [6.07, 6.45) is 4.68. The lowest BCUT2D eigenvalue weighted by molar-refractivity contribution is 0.248. The minimum absolute atomic E-state index is 0.417. The van der Waals surface area contributed by atoms with Gasteiger partial charge >= 0.3 is 6.03 Å². The fourth-order valence-corrected chi connectivity index (χ4v) is 1.30. The van der Waals surface area contributed by atoms with Gasteiger partial charge in [0.25, 0.3) is 0 Å². The Morgan fingerprint density at radius 3 is 2.42 bits per heavy atom. The van der Waals surface area contributed by atoms with E-state index < -0.39 is 6.03 Å². The molecule has 72 valence electrons.